The highest BCUT2D eigenvalue weighted by molar-refractivity contribution is 7.89. The average Bonchev–Trinajstić information content (AvgIpc) is 3.16. The smallest absolute Gasteiger partial charge is 0.276 e. The van der Waals surface area contributed by atoms with Gasteiger partial charge in [-0.3, -0.25) is 10.1 Å². The van der Waals surface area contributed by atoms with Gasteiger partial charge in [0.15, 0.2) is 0 Å². The lowest BCUT2D eigenvalue weighted by atomic mass is 10.1. The van der Waals surface area contributed by atoms with E-state index in [1.807, 2.05) is 6.92 Å². The van der Waals surface area contributed by atoms with Gasteiger partial charge in [0.25, 0.3) is 15.7 Å². The van der Waals surface area contributed by atoms with Crippen LogP contribution in [0.15, 0.2) is 69.0 Å². The third-order valence-electron chi connectivity index (χ3n) is 3.98. The lowest BCUT2D eigenvalue weighted by molar-refractivity contribution is -0.384. The summed E-state index contributed by atoms with van der Waals surface area (Å²) in [5, 5.41) is 14.7. The van der Waals surface area contributed by atoms with Crippen molar-refractivity contribution in [1.82, 2.24) is 4.83 Å². The Morgan fingerprint density at radius 1 is 1.14 bits per heavy atom. The highest BCUT2D eigenvalue weighted by atomic mass is 32.2. The molecule has 0 unspecified atom stereocenters. The summed E-state index contributed by atoms with van der Waals surface area (Å²) in [6.45, 7) is 1.85. The molecular formula is C19H17N3O6S. The van der Waals surface area contributed by atoms with E-state index in [4.69, 9.17) is 9.15 Å². The molecule has 0 atom stereocenters. The van der Waals surface area contributed by atoms with Gasteiger partial charge >= 0.3 is 0 Å². The van der Waals surface area contributed by atoms with Crippen molar-refractivity contribution in [3.05, 3.63) is 76.0 Å². The molecule has 0 spiro atoms. The van der Waals surface area contributed by atoms with E-state index in [-0.39, 0.29) is 16.3 Å². The molecule has 1 heterocycles. The minimum absolute atomic E-state index is 0.0849. The van der Waals surface area contributed by atoms with Crippen molar-refractivity contribution in [3.63, 3.8) is 0 Å². The molecule has 0 aliphatic carbocycles. The van der Waals surface area contributed by atoms with Gasteiger partial charge in [0, 0.05) is 12.1 Å². The fraction of sp³-hybridized carbons (Fsp3) is 0.105. The largest absolute Gasteiger partial charge is 0.496 e. The van der Waals surface area contributed by atoms with Crippen molar-refractivity contribution in [2.45, 2.75) is 11.8 Å². The van der Waals surface area contributed by atoms with Crippen LogP contribution in [0, 0.1) is 17.0 Å². The minimum atomic E-state index is -3.80. The third-order valence-corrected chi connectivity index (χ3v) is 5.22. The Balaban J connectivity index is 1.79. The molecule has 10 heteroatoms. The predicted molar refractivity (Wildman–Crippen MR) is 106 cm³/mol. The summed E-state index contributed by atoms with van der Waals surface area (Å²) in [5.41, 5.74) is 1.21. The van der Waals surface area contributed by atoms with Gasteiger partial charge in [-0.25, -0.2) is 0 Å². The maximum absolute atomic E-state index is 12.2. The van der Waals surface area contributed by atoms with Crippen LogP contribution in [0.25, 0.3) is 11.3 Å². The molecule has 1 N–H and O–H groups in total. The van der Waals surface area contributed by atoms with Crippen LogP contribution in [0.3, 0.4) is 0 Å². The molecule has 0 amide bonds. The Morgan fingerprint density at radius 3 is 2.52 bits per heavy atom. The van der Waals surface area contributed by atoms with Crippen LogP contribution in [0.1, 0.15) is 11.3 Å². The second-order valence-electron chi connectivity index (χ2n) is 6.01. The Bertz CT molecular complexity index is 1170. The molecule has 9 nitrogen and oxygen atoms in total. The van der Waals surface area contributed by atoms with E-state index in [0.717, 1.165) is 5.56 Å². The molecule has 29 heavy (non-hydrogen) atoms. The average molecular weight is 415 g/mol. The van der Waals surface area contributed by atoms with Gasteiger partial charge in [-0.05, 0) is 37.3 Å². The number of hydrogen-bond donors (Lipinski definition) is 1. The van der Waals surface area contributed by atoms with Crippen LogP contribution in [-0.2, 0) is 10.0 Å². The quantitative estimate of drug-likeness (QED) is 0.358. The molecule has 3 aromatic rings. The molecule has 0 radical (unpaired) electrons. The maximum Gasteiger partial charge on any atom is 0.276 e. The Labute approximate surface area is 166 Å². The van der Waals surface area contributed by atoms with Crippen molar-refractivity contribution < 1.29 is 22.5 Å². The van der Waals surface area contributed by atoms with Crippen molar-refractivity contribution >= 4 is 21.9 Å². The number of benzene rings is 2. The van der Waals surface area contributed by atoms with Crippen LogP contribution >= 0.6 is 0 Å². The highest BCUT2D eigenvalue weighted by Gasteiger charge is 2.16. The van der Waals surface area contributed by atoms with Crippen molar-refractivity contribution in [1.29, 1.82) is 0 Å². The number of nitro benzene ring substituents is 1. The minimum Gasteiger partial charge on any atom is -0.496 e. The first-order chi connectivity index (χ1) is 13.8. The Hall–Kier alpha value is -3.66. The molecule has 0 aliphatic rings. The highest BCUT2D eigenvalue weighted by Crippen LogP contribution is 2.34. The number of non-ortho nitro benzene ring substituents is 1. The number of hydrazone groups is 1. The molecule has 0 saturated heterocycles. The number of sulfonamides is 1. The van der Waals surface area contributed by atoms with Gasteiger partial charge < -0.3 is 9.15 Å². The number of nitrogens with zero attached hydrogens (tertiary/aromatic N) is 2. The second-order valence-corrected chi connectivity index (χ2v) is 7.67. The van der Waals surface area contributed by atoms with E-state index in [0.29, 0.717) is 17.1 Å². The van der Waals surface area contributed by atoms with Crippen LogP contribution in [0.2, 0.25) is 0 Å². The fourth-order valence-corrected chi connectivity index (χ4v) is 3.29. The molecule has 0 aliphatic heterocycles. The lowest BCUT2D eigenvalue weighted by Crippen LogP contribution is -2.18. The third kappa shape index (κ3) is 4.61. The lowest BCUT2D eigenvalue weighted by Gasteiger charge is -2.05. The first kappa shape index (κ1) is 20.1. The first-order valence-corrected chi connectivity index (χ1v) is 9.82. The number of methoxy groups -OCH3 is 1. The molecule has 3 rings (SSSR count). The summed E-state index contributed by atoms with van der Waals surface area (Å²) < 4.78 is 35.2. The molecule has 1 aromatic heterocycles. The fourth-order valence-electron chi connectivity index (χ4n) is 2.50. The number of aryl methyl sites for hydroxylation is 1. The van der Waals surface area contributed by atoms with Gasteiger partial charge in [-0.15, -0.1) is 0 Å². The zero-order valence-electron chi connectivity index (χ0n) is 15.5. The summed E-state index contributed by atoms with van der Waals surface area (Å²) in [5.74, 6) is 0.960. The van der Waals surface area contributed by atoms with E-state index in [1.165, 1.54) is 43.7 Å². The van der Waals surface area contributed by atoms with Gasteiger partial charge in [-0.2, -0.15) is 18.4 Å². The first-order valence-electron chi connectivity index (χ1n) is 8.34. The summed E-state index contributed by atoms with van der Waals surface area (Å²) in [4.78, 5) is 12.7. The normalized spacial score (nSPS) is 11.5. The SMILES string of the molecule is COc1ccc([N+](=O)[O-])cc1-c1ccc(/C=N/NS(=O)(=O)c2ccc(C)cc2)o1. The molecule has 0 bridgehead atoms. The van der Waals surface area contributed by atoms with Crippen LogP contribution in [-0.4, -0.2) is 26.7 Å². The van der Waals surface area contributed by atoms with Crippen molar-refractivity contribution in [2.75, 3.05) is 7.11 Å². The summed E-state index contributed by atoms with van der Waals surface area (Å²) in [7, 11) is -2.36. The van der Waals surface area contributed by atoms with E-state index >= 15 is 0 Å². The zero-order chi connectivity index (χ0) is 21.0. The van der Waals surface area contributed by atoms with Gasteiger partial charge in [0.05, 0.1) is 28.7 Å². The van der Waals surface area contributed by atoms with Gasteiger partial charge in [-0.1, -0.05) is 17.7 Å². The van der Waals surface area contributed by atoms with Gasteiger partial charge in [0.1, 0.15) is 17.3 Å². The second kappa shape index (κ2) is 8.15. The number of rotatable bonds is 7. The topological polar surface area (TPSA) is 124 Å². The number of ether oxygens (including phenoxy) is 1. The molecule has 0 saturated carbocycles. The van der Waals surface area contributed by atoms with E-state index in [9.17, 15) is 18.5 Å². The van der Waals surface area contributed by atoms with Crippen molar-refractivity contribution in [2.24, 2.45) is 5.10 Å². The maximum atomic E-state index is 12.2. The Morgan fingerprint density at radius 2 is 1.86 bits per heavy atom. The Kier molecular flexibility index (Phi) is 5.64. The van der Waals surface area contributed by atoms with Gasteiger partial charge in [0.2, 0.25) is 0 Å². The predicted octanol–water partition coefficient (Wildman–Crippen LogP) is 3.48. The molecule has 0 fully saturated rings. The molecule has 2 aromatic carbocycles. The summed E-state index contributed by atoms with van der Waals surface area (Å²) in [6, 6.07) is 13.6. The number of nitrogens with one attached hydrogen (secondary N) is 1. The number of hydrogen-bond acceptors (Lipinski definition) is 7. The van der Waals surface area contributed by atoms with E-state index in [1.54, 1.807) is 24.3 Å². The molecular weight excluding hydrogens is 398 g/mol. The summed E-state index contributed by atoms with van der Waals surface area (Å²) in [6.07, 6.45) is 1.19. The zero-order valence-corrected chi connectivity index (χ0v) is 16.3. The number of furan rings is 1. The van der Waals surface area contributed by atoms with Crippen molar-refractivity contribution in [3.8, 4) is 17.1 Å². The van der Waals surface area contributed by atoms with Crippen LogP contribution in [0.4, 0.5) is 5.69 Å². The molecule has 150 valence electrons. The van der Waals surface area contributed by atoms with E-state index < -0.39 is 14.9 Å². The van der Waals surface area contributed by atoms with E-state index in [2.05, 4.69) is 9.93 Å². The van der Waals surface area contributed by atoms with Crippen LogP contribution < -0.4 is 9.57 Å². The van der Waals surface area contributed by atoms with Crippen LogP contribution in [0.5, 0.6) is 5.75 Å². The number of nitro groups is 1. The summed E-state index contributed by atoms with van der Waals surface area (Å²) >= 11 is 0. The monoisotopic (exact) mass is 415 g/mol. The standard InChI is InChI=1S/C19H17N3O6S/c1-13-3-7-16(8-4-13)29(25,26)21-20-12-15-6-10-19(28-15)17-11-14(22(23)24)5-9-18(17)27-2/h3-12,21H,1-2H3/b20-12+.